The van der Waals surface area contributed by atoms with E-state index in [-0.39, 0.29) is 13.0 Å². The van der Waals surface area contributed by atoms with Gasteiger partial charge in [0.15, 0.2) is 0 Å². The molecule has 21 heavy (non-hydrogen) atoms. The zero-order chi connectivity index (χ0) is 16.6. The van der Waals surface area contributed by atoms with Crippen LogP contribution in [0.1, 0.15) is 12.5 Å². The third-order valence-corrected chi connectivity index (χ3v) is 2.68. The minimum Gasteiger partial charge on any atom is -0.479 e. The SMILES string of the molecule is CC(Nc1ccc(C(F)(F)F)cc1F)(C(=O)O)C(F)(F)F. The van der Waals surface area contributed by atoms with Gasteiger partial charge in [-0.2, -0.15) is 26.3 Å². The average molecular weight is 319 g/mol. The second-order valence-corrected chi connectivity index (χ2v) is 4.25. The van der Waals surface area contributed by atoms with Crippen LogP contribution in [0, 0.1) is 5.82 Å². The Hall–Kier alpha value is -2.00. The molecule has 0 aliphatic heterocycles. The maximum absolute atomic E-state index is 13.4. The van der Waals surface area contributed by atoms with Crippen LogP contribution in [0.25, 0.3) is 0 Å². The summed E-state index contributed by atoms with van der Waals surface area (Å²) in [5.41, 5.74) is -5.96. The molecule has 0 fully saturated rings. The van der Waals surface area contributed by atoms with Crippen LogP contribution in [-0.2, 0) is 11.0 Å². The van der Waals surface area contributed by atoms with Gasteiger partial charge in [-0.25, -0.2) is 9.18 Å². The first-order chi connectivity index (χ1) is 9.29. The molecular weight excluding hydrogens is 311 g/mol. The second-order valence-electron chi connectivity index (χ2n) is 4.25. The molecule has 0 bridgehead atoms. The molecule has 0 aromatic heterocycles. The fourth-order valence-electron chi connectivity index (χ4n) is 1.31. The van der Waals surface area contributed by atoms with E-state index in [4.69, 9.17) is 5.11 Å². The smallest absolute Gasteiger partial charge is 0.422 e. The van der Waals surface area contributed by atoms with Crippen molar-refractivity contribution in [3.8, 4) is 0 Å². The standard InChI is InChI=1S/C11H8F7NO2/c1-9(8(20)21,11(16,17)18)19-7-3-2-5(4-6(7)12)10(13,14)15/h2-4,19H,1H3,(H,20,21). The molecule has 1 aromatic carbocycles. The Labute approximate surface area is 113 Å². The highest BCUT2D eigenvalue weighted by atomic mass is 19.4. The van der Waals surface area contributed by atoms with Crippen molar-refractivity contribution >= 4 is 11.7 Å². The minimum absolute atomic E-state index is 0.0268. The number of aliphatic carboxylic acids is 1. The number of carboxylic acid groups (broad SMARTS) is 1. The lowest BCUT2D eigenvalue weighted by molar-refractivity contribution is -0.192. The van der Waals surface area contributed by atoms with Crippen LogP contribution in [-0.4, -0.2) is 22.8 Å². The zero-order valence-electron chi connectivity index (χ0n) is 10.2. The van der Waals surface area contributed by atoms with Gasteiger partial charge < -0.3 is 10.4 Å². The highest BCUT2D eigenvalue weighted by Gasteiger charge is 2.57. The van der Waals surface area contributed by atoms with Crippen molar-refractivity contribution < 1.29 is 40.6 Å². The number of carbonyl (C=O) groups is 1. The monoisotopic (exact) mass is 319 g/mol. The molecule has 0 aliphatic carbocycles. The molecule has 0 saturated carbocycles. The number of benzene rings is 1. The lowest BCUT2D eigenvalue weighted by Gasteiger charge is -2.29. The summed E-state index contributed by atoms with van der Waals surface area (Å²) >= 11 is 0. The molecule has 2 N–H and O–H groups in total. The number of nitrogens with one attached hydrogen (secondary N) is 1. The van der Waals surface area contributed by atoms with Crippen LogP contribution in [0.15, 0.2) is 18.2 Å². The molecule has 0 radical (unpaired) electrons. The van der Waals surface area contributed by atoms with Gasteiger partial charge in [-0.1, -0.05) is 0 Å². The summed E-state index contributed by atoms with van der Waals surface area (Å²) in [6, 6.07) is 0.704. The highest BCUT2D eigenvalue weighted by Crippen LogP contribution is 2.36. The van der Waals surface area contributed by atoms with Crippen molar-refractivity contribution in [2.45, 2.75) is 24.8 Å². The number of carboxylic acids is 1. The first kappa shape index (κ1) is 17.1. The Morgan fingerprint density at radius 1 is 1.14 bits per heavy atom. The van der Waals surface area contributed by atoms with E-state index in [1.165, 1.54) is 5.32 Å². The molecule has 0 heterocycles. The molecule has 3 nitrogen and oxygen atoms in total. The van der Waals surface area contributed by atoms with Crippen molar-refractivity contribution in [1.29, 1.82) is 0 Å². The van der Waals surface area contributed by atoms with Crippen LogP contribution >= 0.6 is 0 Å². The Bertz CT molecular complexity index is 552. The molecule has 118 valence electrons. The molecule has 1 atom stereocenters. The Kier molecular flexibility index (Phi) is 4.13. The third-order valence-electron chi connectivity index (χ3n) is 2.68. The van der Waals surface area contributed by atoms with Crippen LogP contribution < -0.4 is 5.32 Å². The molecule has 0 amide bonds. The normalized spacial score (nSPS) is 15.4. The van der Waals surface area contributed by atoms with Crippen molar-refractivity contribution in [3.05, 3.63) is 29.6 Å². The summed E-state index contributed by atoms with van der Waals surface area (Å²) in [5.74, 6) is -4.00. The maximum Gasteiger partial charge on any atom is 0.422 e. The summed E-state index contributed by atoms with van der Waals surface area (Å²) in [4.78, 5) is 10.7. The summed E-state index contributed by atoms with van der Waals surface area (Å²) < 4.78 is 88.4. The van der Waals surface area contributed by atoms with Gasteiger partial charge in [-0.15, -0.1) is 0 Å². The number of anilines is 1. The Balaban J connectivity index is 3.22. The van der Waals surface area contributed by atoms with E-state index in [0.717, 1.165) is 0 Å². The molecule has 1 aromatic rings. The van der Waals surface area contributed by atoms with Gasteiger partial charge in [-0.3, -0.25) is 0 Å². The minimum atomic E-state index is -5.30. The molecule has 1 unspecified atom stereocenters. The van der Waals surface area contributed by atoms with Gasteiger partial charge >= 0.3 is 18.3 Å². The molecule has 0 aliphatic rings. The summed E-state index contributed by atoms with van der Waals surface area (Å²) in [5, 5.41) is 9.99. The first-order valence-electron chi connectivity index (χ1n) is 5.24. The number of hydrogen-bond acceptors (Lipinski definition) is 2. The van der Waals surface area contributed by atoms with Crippen molar-refractivity contribution in [3.63, 3.8) is 0 Å². The zero-order valence-corrected chi connectivity index (χ0v) is 10.2. The Morgan fingerprint density at radius 2 is 1.67 bits per heavy atom. The molecule has 0 spiro atoms. The van der Waals surface area contributed by atoms with E-state index in [1.54, 1.807) is 0 Å². The van der Waals surface area contributed by atoms with E-state index in [1.807, 2.05) is 0 Å². The fourth-order valence-corrected chi connectivity index (χ4v) is 1.31. The van der Waals surface area contributed by atoms with Gasteiger partial charge in [0.2, 0.25) is 5.54 Å². The highest BCUT2D eigenvalue weighted by molar-refractivity contribution is 5.83. The lowest BCUT2D eigenvalue weighted by atomic mass is 10.0. The van der Waals surface area contributed by atoms with Gasteiger partial charge in [-0.05, 0) is 25.1 Å². The second kappa shape index (κ2) is 5.08. The third kappa shape index (κ3) is 3.37. The van der Waals surface area contributed by atoms with Gasteiger partial charge in [0, 0.05) is 0 Å². The maximum atomic E-state index is 13.4. The number of alkyl halides is 6. The molecule has 1 rings (SSSR count). The lowest BCUT2D eigenvalue weighted by Crippen LogP contribution is -2.55. The summed E-state index contributed by atoms with van der Waals surface area (Å²) in [6.45, 7) is 0.229. The van der Waals surface area contributed by atoms with Crippen LogP contribution in [0.4, 0.5) is 36.4 Å². The van der Waals surface area contributed by atoms with Gasteiger partial charge in [0.1, 0.15) is 5.82 Å². The molecule has 0 saturated heterocycles. The van der Waals surface area contributed by atoms with Crippen molar-refractivity contribution in [1.82, 2.24) is 0 Å². The van der Waals surface area contributed by atoms with Crippen molar-refractivity contribution in [2.75, 3.05) is 5.32 Å². The first-order valence-corrected chi connectivity index (χ1v) is 5.24. The van der Waals surface area contributed by atoms with Crippen LogP contribution in [0.5, 0.6) is 0 Å². The summed E-state index contributed by atoms with van der Waals surface area (Å²) in [7, 11) is 0. The van der Waals surface area contributed by atoms with Gasteiger partial charge in [0.25, 0.3) is 0 Å². The predicted molar refractivity (Wildman–Crippen MR) is 57.1 cm³/mol. The number of rotatable bonds is 3. The van der Waals surface area contributed by atoms with Crippen molar-refractivity contribution in [2.24, 2.45) is 0 Å². The average Bonchev–Trinajstić information content (AvgIpc) is 2.28. The van der Waals surface area contributed by atoms with E-state index in [0.29, 0.717) is 12.1 Å². The summed E-state index contributed by atoms with van der Waals surface area (Å²) in [6.07, 6.45) is -10.2. The number of hydrogen-bond donors (Lipinski definition) is 2. The van der Waals surface area contributed by atoms with E-state index >= 15 is 0 Å². The van der Waals surface area contributed by atoms with Gasteiger partial charge in [0.05, 0.1) is 11.3 Å². The largest absolute Gasteiger partial charge is 0.479 e. The van der Waals surface area contributed by atoms with Crippen LogP contribution in [0.3, 0.4) is 0 Å². The quantitative estimate of drug-likeness (QED) is 0.836. The Morgan fingerprint density at radius 3 is 2.00 bits per heavy atom. The number of halogens is 7. The topological polar surface area (TPSA) is 49.3 Å². The van der Waals surface area contributed by atoms with E-state index in [2.05, 4.69) is 0 Å². The van der Waals surface area contributed by atoms with E-state index < -0.39 is 40.9 Å². The van der Waals surface area contributed by atoms with E-state index in [9.17, 15) is 35.5 Å². The molecule has 10 heteroatoms. The fraction of sp³-hybridized carbons (Fsp3) is 0.364. The predicted octanol–water partition coefficient (Wildman–Crippen LogP) is 3.66. The molecular formula is C11H8F7NO2. The van der Waals surface area contributed by atoms with Crippen LogP contribution in [0.2, 0.25) is 0 Å².